The molecule has 0 spiro atoms. The van der Waals surface area contributed by atoms with E-state index in [1.54, 1.807) is 0 Å². The van der Waals surface area contributed by atoms with Gasteiger partial charge in [0.1, 0.15) is 19.3 Å². The lowest BCUT2D eigenvalue weighted by Gasteiger charge is -2.24. The molecule has 0 aliphatic heterocycles. The van der Waals surface area contributed by atoms with Crippen LogP contribution in [0.2, 0.25) is 0 Å². The van der Waals surface area contributed by atoms with Gasteiger partial charge in [0.2, 0.25) is 0 Å². The first-order chi connectivity index (χ1) is 22.1. The van der Waals surface area contributed by atoms with Crippen molar-refractivity contribution in [1.29, 1.82) is 0 Å². The van der Waals surface area contributed by atoms with E-state index < -0.39 is 13.9 Å². The number of likely N-dealkylation sites (N-methyl/N-ethyl adjacent to an activating group) is 1. The Labute approximate surface area is 283 Å². The maximum atomic E-state index is 12.3. The molecule has 0 amide bonds. The molecule has 0 radical (unpaired) electrons. The summed E-state index contributed by atoms with van der Waals surface area (Å²) in [5.41, 5.74) is 0. The van der Waals surface area contributed by atoms with Gasteiger partial charge >= 0.3 is 13.8 Å². The molecule has 0 rings (SSSR count). The Morgan fingerprint density at radius 1 is 0.674 bits per heavy atom. The maximum Gasteiger partial charge on any atom is 0.472 e. The SMILES string of the molecule is CCCCC/C=C\C/C=C\CCCCCCCCCCCCOCC(COP(=O)(O)OCC[N+](C)(C)C)OC(=O)CCCCCC. The number of carbonyl (C=O) groups excluding carboxylic acids is 1. The molecule has 0 bridgehead atoms. The minimum absolute atomic E-state index is 0.0885. The highest BCUT2D eigenvalue weighted by Gasteiger charge is 2.26. The number of esters is 1. The highest BCUT2D eigenvalue weighted by Crippen LogP contribution is 2.43. The predicted octanol–water partition coefficient (Wildman–Crippen LogP) is 10.1. The first-order valence-corrected chi connectivity index (χ1v) is 20.1. The van der Waals surface area contributed by atoms with Gasteiger partial charge in [-0.15, -0.1) is 0 Å². The molecule has 0 aliphatic carbocycles. The van der Waals surface area contributed by atoms with Crippen molar-refractivity contribution in [1.82, 2.24) is 0 Å². The summed E-state index contributed by atoms with van der Waals surface area (Å²) in [6.07, 6.45) is 32.6. The number of quaternary nitrogens is 1. The Hall–Kier alpha value is -1.02. The summed E-state index contributed by atoms with van der Waals surface area (Å²) in [6.45, 7) is 5.46. The smallest absolute Gasteiger partial charge is 0.457 e. The van der Waals surface area contributed by atoms with E-state index in [0.717, 1.165) is 44.9 Å². The second-order valence-electron chi connectivity index (χ2n) is 13.6. The van der Waals surface area contributed by atoms with Crippen LogP contribution in [0, 0.1) is 0 Å². The van der Waals surface area contributed by atoms with E-state index in [9.17, 15) is 14.3 Å². The zero-order valence-electron chi connectivity index (χ0n) is 30.6. The molecule has 46 heavy (non-hydrogen) atoms. The zero-order valence-corrected chi connectivity index (χ0v) is 31.5. The molecular formula is C37H73NO7P+. The first-order valence-electron chi connectivity index (χ1n) is 18.6. The van der Waals surface area contributed by atoms with Crippen LogP contribution in [0.1, 0.15) is 149 Å². The van der Waals surface area contributed by atoms with Crippen LogP contribution in [0.25, 0.3) is 0 Å². The summed E-state index contributed by atoms with van der Waals surface area (Å²) in [5.74, 6) is -0.333. The molecule has 2 unspecified atom stereocenters. The lowest BCUT2D eigenvalue weighted by molar-refractivity contribution is -0.870. The summed E-state index contributed by atoms with van der Waals surface area (Å²) in [5, 5.41) is 0. The molecule has 0 aromatic heterocycles. The van der Waals surface area contributed by atoms with Gasteiger partial charge in [0.05, 0.1) is 34.4 Å². The Morgan fingerprint density at radius 3 is 1.78 bits per heavy atom. The lowest BCUT2D eigenvalue weighted by atomic mass is 10.1. The molecule has 9 heteroatoms. The van der Waals surface area contributed by atoms with Crippen molar-refractivity contribution in [2.45, 2.75) is 155 Å². The van der Waals surface area contributed by atoms with E-state index in [1.807, 2.05) is 21.1 Å². The number of carbonyl (C=O) groups is 1. The molecule has 8 nitrogen and oxygen atoms in total. The largest absolute Gasteiger partial charge is 0.472 e. The average molecular weight is 675 g/mol. The third-order valence-electron chi connectivity index (χ3n) is 7.77. The predicted molar refractivity (Wildman–Crippen MR) is 192 cm³/mol. The number of allylic oxidation sites excluding steroid dienone is 4. The molecule has 0 fully saturated rings. The van der Waals surface area contributed by atoms with Crippen molar-refractivity contribution >= 4 is 13.8 Å². The van der Waals surface area contributed by atoms with E-state index in [-0.39, 0.29) is 25.8 Å². The quantitative estimate of drug-likeness (QED) is 0.0239. The van der Waals surface area contributed by atoms with E-state index >= 15 is 0 Å². The molecule has 272 valence electrons. The van der Waals surface area contributed by atoms with E-state index in [0.29, 0.717) is 24.1 Å². The summed E-state index contributed by atoms with van der Waals surface area (Å²) in [4.78, 5) is 22.4. The third kappa shape index (κ3) is 34.3. The minimum atomic E-state index is -4.25. The van der Waals surface area contributed by atoms with Crippen molar-refractivity contribution in [3.05, 3.63) is 24.3 Å². The fourth-order valence-electron chi connectivity index (χ4n) is 4.82. The van der Waals surface area contributed by atoms with Crippen molar-refractivity contribution in [3.63, 3.8) is 0 Å². The number of nitrogens with zero attached hydrogens (tertiary/aromatic N) is 1. The van der Waals surface area contributed by atoms with Gasteiger partial charge < -0.3 is 18.9 Å². The normalized spacial score (nSPS) is 14.3. The van der Waals surface area contributed by atoms with Gasteiger partial charge in [-0.05, 0) is 44.9 Å². The number of ether oxygens (including phenoxy) is 2. The van der Waals surface area contributed by atoms with Gasteiger partial charge in [0, 0.05) is 13.0 Å². The van der Waals surface area contributed by atoms with Crippen LogP contribution in [0.15, 0.2) is 24.3 Å². The second kappa shape index (κ2) is 31.3. The Bertz CT molecular complexity index is 797. The van der Waals surface area contributed by atoms with Gasteiger partial charge in [-0.25, -0.2) is 4.57 Å². The second-order valence-corrected chi connectivity index (χ2v) is 15.1. The van der Waals surface area contributed by atoms with Gasteiger partial charge in [0.25, 0.3) is 0 Å². The number of hydrogen-bond donors (Lipinski definition) is 1. The van der Waals surface area contributed by atoms with E-state index in [4.69, 9.17) is 18.5 Å². The topological polar surface area (TPSA) is 91.3 Å². The van der Waals surface area contributed by atoms with Crippen LogP contribution in [-0.4, -0.2) is 75.6 Å². The highest BCUT2D eigenvalue weighted by atomic mass is 31.2. The lowest BCUT2D eigenvalue weighted by Crippen LogP contribution is -2.37. The van der Waals surface area contributed by atoms with E-state index in [1.165, 1.54) is 83.5 Å². The third-order valence-corrected chi connectivity index (χ3v) is 8.75. The fourth-order valence-corrected chi connectivity index (χ4v) is 5.56. The molecule has 0 heterocycles. The molecular weight excluding hydrogens is 601 g/mol. The number of phosphoric ester groups is 1. The van der Waals surface area contributed by atoms with Gasteiger partial charge in [-0.2, -0.15) is 0 Å². The number of rotatable bonds is 34. The van der Waals surface area contributed by atoms with Crippen LogP contribution < -0.4 is 0 Å². The maximum absolute atomic E-state index is 12.3. The molecule has 0 aromatic rings. The highest BCUT2D eigenvalue weighted by molar-refractivity contribution is 7.47. The standard InChI is InChI=1S/C37H72NO7P/c1-6-8-10-12-13-14-15-16-17-18-19-20-21-22-23-24-25-26-27-29-32-42-34-36(45-37(39)30-28-11-9-7-2)35-44-46(40,41)43-33-31-38(3,4)5/h13-14,16-17,36H,6-12,15,18-35H2,1-5H3/p+1/b14-13-,17-16-. The molecule has 0 saturated carbocycles. The summed E-state index contributed by atoms with van der Waals surface area (Å²) in [7, 11) is 1.66. The Kier molecular flexibility index (Phi) is 30.6. The molecule has 1 N–H and O–H groups in total. The van der Waals surface area contributed by atoms with Crippen LogP contribution in [0.5, 0.6) is 0 Å². The van der Waals surface area contributed by atoms with Gasteiger partial charge in [0.15, 0.2) is 0 Å². The number of hydrogen-bond acceptors (Lipinski definition) is 6. The number of phosphoric acid groups is 1. The van der Waals surface area contributed by atoms with Crippen LogP contribution in [-0.2, 0) is 27.9 Å². The molecule has 2 atom stereocenters. The van der Waals surface area contributed by atoms with Crippen LogP contribution in [0.4, 0.5) is 0 Å². The zero-order chi connectivity index (χ0) is 34.2. The van der Waals surface area contributed by atoms with Crippen LogP contribution in [0.3, 0.4) is 0 Å². The molecule has 0 aromatic carbocycles. The van der Waals surface area contributed by atoms with Crippen molar-refractivity contribution < 1.29 is 37.3 Å². The molecule has 0 saturated heterocycles. The average Bonchev–Trinajstić information content (AvgIpc) is 2.99. The fraction of sp³-hybridized carbons (Fsp3) is 0.865. The summed E-state index contributed by atoms with van der Waals surface area (Å²) < 4.78 is 34.5. The summed E-state index contributed by atoms with van der Waals surface area (Å²) >= 11 is 0. The minimum Gasteiger partial charge on any atom is -0.457 e. The van der Waals surface area contributed by atoms with Crippen LogP contribution >= 0.6 is 7.82 Å². The van der Waals surface area contributed by atoms with Crippen molar-refractivity contribution in [3.8, 4) is 0 Å². The van der Waals surface area contributed by atoms with E-state index in [2.05, 4.69) is 38.2 Å². The van der Waals surface area contributed by atoms with Gasteiger partial charge in [-0.3, -0.25) is 13.8 Å². The van der Waals surface area contributed by atoms with Gasteiger partial charge in [-0.1, -0.05) is 122 Å². The Morgan fingerprint density at radius 2 is 1.20 bits per heavy atom. The number of unbranched alkanes of at least 4 members (excludes halogenated alkanes) is 16. The molecule has 0 aliphatic rings. The first kappa shape index (κ1) is 45.0. The van der Waals surface area contributed by atoms with Crippen molar-refractivity contribution in [2.24, 2.45) is 0 Å². The summed E-state index contributed by atoms with van der Waals surface area (Å²) in [6, 6.07) is 0. The monoisotopic (exact) mass is 675 g/mol. The van der Waals surface area contributed by atoms with Crippen molar-refractivity contribution in [2.75, 3.05) is 54.1 Å². The Balaban J connectivity index is 4.00.